The summed E-state index contributed by atoms with van der Waals surface area (Å²) in [6, 6.07) is 5.53. The van der Waals surface area contributed by atoms with E-state index in [4.69, 9.17) is 11.6 Å². The van der Waals surface area contributed by atoms with Crippen molar-refractivity contribution in [2.75, 3.05) is 13.1 Å². The summed E-state index contributed by atoms with van der Waals surface area (Å²) in [5, 5.41) is 4.23. The third-order valence-electron chi connectivity index (χ3n) is 3.19. The van der Waals surface area contributed by atoms with Gasteiger partial charge >= 0.3 is 0 Å². The van der Waals surface area contributed by atoms with Crippen molar-refractivity contribution >= 4 is 22.5 Å². The number of hydrogen-bond donors (Lipinski definition) is 1. The minimum atomic E-state index is -0.0469. The molecule has 1 fully saturated rings. The SMILES string of the molecule is O=c1c2c(Cl)cccc2ncn1C1CCNC1. The lowest BCUT2D eigenvalue weighted by Gasteiger charge is -2.12. The van der Waals surface area contributed by atoms with Crippen molar-refractivity contribution < 1.29 is 0 Å². The Kier molecular flexibility index (Phi) is 2.61. The molecular weight excluding hydrogens is 238 g/mol. The van der Waals surface area contributed by atoms with Crippen LogP contribution in [0.25, 0.3) is 10.9 Å². The molecule has 1 aliphatic rings. The van der Waals surface area contributed by atoms with E-state index in [9.17, 15) is 4.79 Å². The fourth-order valence-electron chi connectivity index (χ4n) is 2.27. The first-order chi connectivity index (χ1) is 8.27. The molecule has 1 unspecified atom stereocenters. The van der Waals surface area contributed by atoms with E-state index < -0.39 is 0 Å². The lowest BCUT2D eigenvalue weighted by atomic mass is 10.2. The molecule has 1 atom stereocenters. The maximum Gasteiger partial charge on any atom is 0.263 e. The van der Waals surface area contributed by atoms with Crippen molar-refractivity contribution in [2.24, 2.45) is 0 Å². The molecule has 0 radical (unpaired) electrons. The second-order valence-corrected chi connectivity index (χ2v) is 4.64. The van der Waals surface area contributed by atoms with Gasteiger partial charge in [-0.25, -0.2) is 4.98 Å². The standard InChI is InChI=1S/C12H12ClN3O/c13-9-2-1-3-10-11(9)12(17)16(7-15-10)8-4-5-14-6-8/h1-3,7-8,14H,4-6H2. The highest BCUT2D eigenvalue weighted by Gasteiger charge is 2.19. The summed E-state index contributed by atoms with van der Waals surface area (Å²) in [6.07, 6.45) is 2.58. The van der Waals surface area contributed by atoms with Gasteiger partial charge in [0.25, 0.3) is 5.56 Å². The van der Waals surface area contributed by atoms with Crippen LogP contribution in [0.3, 0.4) is 0 Å². The molecule has 1 aromatic heterocycles. The Hall–Kier alpha value is -1.39. The number of nitrogens with one attached hydrogen (secondary N) is 1. The van der Waals surface area contributed by atoms with Gasteiger partial charge in [-0.05, 0) is 25.1 Å². The minimum Gasteiger partial charge on any atom is -0.315 e. The maximum atomic E-state index is 12.3. The molecule has 0 spiro atoms. The van der Waals surface area contributed by atoms with E-state index in [1.165, 1.54) is 0 Å². The van der Waals surface area contributed by atoms with E-state index in [1.807, 2.05) is 0 Å². The van der Waals surface area contributed by atoms with Crippen LogP contribution in [-0.2, 0) is 0 Å². The highest BCUT2D eigenvalue weighted by Crippen LogP contribution is 2.19. The van der Waals surface area contributed by atoms with Gasteiger partial charge in [0.1, 0.15) is 0 Å². The lowest BCUT2D eigenvalue weighted by molar-refractivity contribution is 0.525. The Labute approximate surface area is 103 Å². The number of halogens is 1. The number of hydrogen-bond acceptors (Lipinski definition) is 3. The van der Waals surface area contributed by atoms with E-state index in [-0.39, 0.29) is 11.6 Å². The van der Waals surface area contributed by atoms with Crippen molar-refractivity contribution in [3.8, 4) is 0 Å². The molecule has 0 saturated carbocycles. The molecule has 0 bridgehead atoms. The quantitative estimate of drug-likeness (QED) is 0.835. The number of rotatable bonds is 1. The summed E-state index contributed by atoms with van der Waals surface area (Å²) in [6.45, 7) is 1.76. The van der Waals surface area contributed by atoms with Crippen molar-refractivity contribution in [3.05, 3.63) is 39.9 Å². The van der Waals surface area contributed by atoms with Gasteiger partial charge in [0, 0.05) is 6.54 Å². The van der Waals surface area contributed by atoms with Crippen LogP contribution in [0.1, 0.15) is 12.5 Å². The first kappa shape index (κ1) is 10.7. The maximum absolute atomic E-state index is 12.3. The molecule has 1 aliphatic heterocycles. The van der Waals surface area contributed by atoms with Crippen molar-refractivity contribution in [1.82, 2.24) is 14.9 Å². The Morgan fingerprint density at radius 3 is 3.12 bits per heavy atom. The molecule has 1 N–H and O–H groups in total. The number of benzene rings is 1. The number of fused-ring (bicyclic) bond motifs is 1. The van der Waals surface area contributed by atoms with Crippen LogP contribution < -0.4 is 10.9 Å². The molecule has 17 heavy (non-hydrogen) atoms. The van der Waals surface area contributed by atoms with Crippen LogP contribution in [0.4, 0.5) is 0 Å². The Bertz CT molecular complexity index is 617. The van der Waals surface area contributed by atoms with Crippen LogP contribution in [0.5, 0.6) is 0 Å². The second kappa shape index (κ2) is 4.13. The lowest BCUT2D eigenvalue weighted by Crippen LogP contribution is -2.26. The highest BCUT2D eigenvalue weighted by atomic mass is 35.5. The summed E-state index contributed by atoms with van der Waals surface area (Å²) >= 11 is 6.07. The van der Waals surface area contributed by atoms with Crippen LogP contribution in [0, 0.1) is 0 Å². The topological polar surface area (TPSA) is 46.9 Å². The fourth-order valence-corrected chi connectivity index (χ4v) is 2.53. The van der Waals surface area contributed by atoms with Crippen LogP contribution in [-0.4, -0.2) is 22.6 Å². The molecule has 1 aromatic carbocycles. The van der Waals surface area contributed by atoms with Crippen molar-refractivity contribution in [2.45, 2.75) is 12.5 Å². The Morgan fingerprint density at radius 2 is 2.35 bits per heavy atom. The van der Waals surface area contributed by atoms with E-state index >= 15 is 0 Å². The van der Waals surface area contributed by atoms with Crippen LogP contribution >= 0.6 is 11.6 Å². The van der Waals surface area contributed by atoms with Crippen molar-refractivity contribution in [3.63, 3.8) is 0 Å². The molecular formula is C12H12ClN3O. The van der Waals surface area contributed by atoms with E-state index in [2.05, 4.69) is 10.3 Å². The molecule has 5 heteroatoms. The molecule has 88 valence electrons. The summed E-state index contributed by atoms with van der Waals surface area (Å²) in [5.74, 6) is 0. The molecule has 4 nitrogen and oxygen atoms in total. The fraction of sp³-hybridized carbons (Fsp3) is 0.333. The minimum absolute atomic E-state index is 0.0469. The molecule has 3 rings (SSSR count). The molecule has 0 amide bonds. The third kappa shape index (κ3) is 1.73. The molecule has 0 aliphatic carbocycles. The zero-order chi connectivity index (χ0) is 11.8. The van der Waals surface area contributed by atoms with Gasteiger partial charge in [0.2, 0.25) is 0 Å². The zero-order valence-electron chi connectivity index (χ0n) is 9.19. The van der Waals surface area contributed by atoms with Gasteiger partial charge in [-0.3, -0.25) is 9.36 Å². The van der Waals surface area contributed by atoms with Crippen LogP contribution in [0.2, 0.25) is 5.02 Å². The van der Waals surface area contributed by atoms with Gasteiger partial charge in [-0.15, -0.1) is 0 Å². The van der Waals surface area contributed by atoms with Gasteiger partial charge in [0.05, 0.1) is 28.3 Å². The van der Waals surface area contributed by atoms with Crippen molar-refractivity contribution in [1.29, 1.82) is 0 Å². The first-order valence-electron chi connectivity index (χ1n) is 5.63. The number of nitrogens with zero attached hydrogens (tertiary/aromatic N) is 2. The second-order valence-electron chi connectivity index (χ2n) is 4.24. The normalized spacial score (nSPS) is 19.9. The molecule has 1 saturated heterocycles. The average molecular weight is 250 g/mol. The van der Waals surface area contributed by atoms with Gasteiger partial charge in [0.15, 0.2) is 0 Å². The van der Waals surface area contributed by atoms with Gasteiger partial charge in [-0.1, -0.05) is 17.7 Å². The smallest absolute Gasteiger partial charge is 0.263 e. The first-order valence-corrected chi connectivity index (χ1v) is 6.01. The summed E-state index contributed by atoms with van der Waals surface area (Å²) < 4.78 is 1.69. The predicted octanol–water partition coefficient (Wildman–Crippen LogP) is 1.58. The highest BCUT2D eigenvalue weighted by molar-refractivity contribution is 6.35. The molecule has 2 aromatic rings. The van der Waals surface area contributed by atoms with Gasteiger partial charge in [-0.2, -0.15) is 0 Å². The van der Waals surface area contributed by atoms with E-state index in [1.54, 1.807) is 29.1 Å². The monoisotopic (exact) mass is 249 g/mol. The largest absolute Gasteiger partial charge is 0.315 e. The van der Waals surface area contributed by atoms with E-state index in [0.717, 1.165) is 19.5 Å². The average Bonchev–Trinajstić information content (AvgIpc) is 2.83. The Morgan fingerprint density at radius 1 is 1.47 bits per heavy atom. The summed E-state index contributed by atoms with van der Waals surface area (Å²) in [7, 11) is 0. The Balaban J connectivity index is 2.25. The summed E-state index contributed by atoms with van der Waals surface area (Å²) in [5.41, 5.74) is 0.610. The predicted molar refractivity (Wildman–Crippen MR) is 67.5 cm³/mol. The van der Waals surface area contributed by atoms with Gasteiger partial charge < -0.3 is 5.32 Å². The van der Waals surface area contributed by atoms with E-state index in [0.29, 0.717) is 15.9 Å². The zero-order valence-corrected chi connectivity index (χ0v) is 9.94. The third-order valence-corrected chi connectivity index (χ3v) is 3.50. The molecule has 2 heterocycles. The van der Waals surface area contributed by atoms with Crippen LogP contribution in [0.15, 0.2) is 29.3 Å². The summed E-state index contributed by atoms with van der Waals surface area (Å²) in [4.78, 5) is 16.6. The number of aromatic nitrogens is 2.